The van der Waals surface area contributed by atoms with Gasteiger partial charge >= 0.3 is 5.97 Å². The van der Waals surface area contributed by atoms with Crippen molar-refractivity contribution in [2.75, 3.05) is 0 Å². The van der Waals surface area contributed by atoms with Crippen LogP contribution in [0.25, 0.3) is 16.9 Å². The lowest BCUT2D eigenvalue weighted by atomic mass is 9.59. The second-order valence-corrected chi connectivity index (χ2v) is 9.27. The zero-order valence-electron chi connectivity index (χ0n) is 18.7. The maximum atomic E-state index is 13.5. The third-order valence-electron chi connectivity index (χ3n) is 7.39. The largest absolute Gasteiger partial charge is 0.508 e. The van der Waals surface area contributed by atoms with Gasteiger partial charge < -0.3 is 31.3 Å². The summed E-state index contributed by atoms with van der Waals surface area (Å²) in [6.45, 7) is 0. The summed E-state index contributed by atoms with van der Waals surface area (Å²) in [6, 6.07) is 8.95. The molecule has 7 N–H and O–H groups in total. The first-order valence-electron chi connectivity index (χ1n) is 11.1. The first-order chi connectivity index (χ1) is 17.0. The van der Waals surface area contributed by atoms with Crippen molar-refractivity contribution < 1.29 is 44.7 Å². The molecular formula is C26H21NO9. The summed E-state index contributed by atoms with van der Waals surface area (Å²) in [5, 5.41) is 52.8. The number of carbonyl (C=O) groups is 4. The van der Waals surface area contributed by atoms with Crippen molar-refractivity contribution >= 4 is 29.2 Å². The van der Waals surface area contributed by atoms with Gasteiger partial charge in [-0.15, -0.1) is 0 Å². The Balaban J connectivity index is 1.68. The number of aliphatic hydroxyl groups is 3. The Labute approximate surface area is 203 Å². The van der Waals surface area contributed by atoms with E-state index in [0.717, 1.165) is 0 Å². The number of hydrogen-bond acceptors (Lipinski definition) is 8. The molecule has 1 fully saturated rings. The molecule has 0 aromatic heterocycles. The van der Waals surface area contributed by atoms with Gasteiger partial charge in [-0.2, -0.15) is 0 Å². The summed E-state index contributed by atoms with van der Waals surface area (Å²) in [7, 11) is 0. The van der Waals surface area contributed by atoms with Crippen molar-refractivity contribution in [2.24, 2.45) is 17.6 Å². The van der Waals surface area contributed by atoms with Gasteiger partial charge in [0.25, 0.3) is 5.91 Å². The zero-order valence-corrected chi connectivity index (χ0v) is 18.7. The Kier molecular flexibility index (Phi) is 5.04. The van der Waals surface area contributed by atoms with Gasteiger partial charge in [0.15, 0.2) is 11.4 Å². The minimum Gasteiger partial charge on any atom is -0.508 e. The van der Waals surface area contributed by atoms with Crippen LogP contribution in [0.4, 0.5) is 0 Å². The van der Waals surface area contributed by atoms with Crippen molar-refractivity contribution in [1.29, 1.82) is 0 Å². The Morgan fingerprint density at radius 3 is 2.25 bits per heavy atom. The summed E-state index contributed by atoms with van der Waals surface area (Å²) in [5.41, 5.74) is 3.28. The first-order valence-corrected chi connectivity index (χ1v) is 11.1. The molecule has 0 saturated heterocycles. The van der Waals surface area contributed by atoms with Crippen LogP contribution < -0.4 is 5.73 Å². The molecular weight excluding hydrogens is 470 g/mol. The number of carboxylic acids is 1. The van der Waals surface area contributed by atoms with E-state index >= 15 is 0 Å². The highest BCUT2D eigenvalue weighted by Gasteiger charge is 2.60. The predicted molar refractivity (Wildman–Crippen MR) is 124 cm³/mol. The topological polar surface area (TPSA) is 195 Å². The van der Waals surface area contributed by atoms with Crippen LogP contribution in [0.2, 0.25) is 0 Å². The lowest BCUT2D eigenvalue weighted by molar-refractivity contribution is -0.147. The van der Waals surface area contributed by atoms with Gasteiger partial charge in [0, 0.05) is 17.9 Å². The Morgan fingerprint density at radius 1 is 0.972 bits per heavy atom. The van der Waals surface area contributed by atoms with Crippen molar-refractivity contribution in [1.82, 2.24) is 0 Å². The predicted octanol–water partition coefficient (Wildman–Crippen LogP) is 1.79. The van der Waals surface area contributed by atoms with E-state index in [9.17, 15) is 39.6 Å². The number of hydrogen-bond donors (Lipinski definition) is 6. The minimum absolute atomic E-state index is 0.0238. The van der Waals surface area contributed by atoms with Crippen LogP contribution in [0.3, 0.4) is 0 Å². The number of aromatic hydroxyl groups is 1. The number of phenolic OH excluding ortho intramolecular Hbond substituents is 1. The summed E-state index contributed by atoms with van der Waals surface area (Å²) in [5.74, 6) is -7.96. The fourth-order valence-electron chi connectivity index (χ4n) is 5.68. The van der Waals surface area contributed by atoms with Crippen LogP contribution >= 0.6 is 0 Å². The van der Waals surface area contributed by atoms with Crippen molar-refractivity contribution in [3.63, 3.8) is 0 Å². The van der Waals surface area contributed by atoms with E-state index in [1.807, 2.05) is 0 Å². The highest BCUT2D eigenvalue weighted by molar-refractivity contribution is 6.22. The van der Waals surface area contributed by atoms with E-state index in [-0.39, 0.29) is 35.3 Å². The Bertz CT molecular complexity index is 1450. The average molecular weight is 491 g/mol. The standard InChI is InChI=1S/C26H21NO9/c27-24(33)20-17(29)9-13-7-12-8-15-14(10-1-3-11(4-2-10)25(34)35)5-6-16(28)19(15)21(30)18(12)22(31)26(13,36)23(20)32/h1-6,12-13,28,30,32,36H,7-9H2,(H2,27,33)(H,34,35)/t12-,13+,26+/m1/s1. The maximum Gasteiger partial charge on any atom is 0.335 e. The summed E-state index contributed by atoms with van der Waals surface area (Å²) in [6.07, 6.45) is -0.222. The number of aliphatic hydroxyl groups excluding tert-OH is 2. The van der Waals surface area contributed by atoms with E-state index in [0.29, 0.717) is 16.7 Å². The molecule has 0 heterocycles. The number of amides is 1. The minimum atomic E-state index is -2.62. The number of phenols is 1. The number of primary amides is 1. The van der Waals surface area contributed by atoms with Gasteiger partial charge in [-0.1, -0.05) is 18.2 Å². The second-order valence-electron chi connectivity index (χ2n) is 9.27. The molecule has 2 aromatic carbocycles. The molecule has 10 nitrogen and oxygen atoms in total. The second kappa shape index (κ2) is 7.79. The molecule has 1 amide bonds. The zero-order chi connectivity index (χ0) is 26.1. The van der Waals surface area contributed by atoms with Crippen LogP contribution in [-0.4, -0.2) is 54.6 Å². The molecule has 1 saturated carbocycles. The molecule has 0 aliphatic heterocycles. The van der Waals surface area contributed by atoms with Crippen LogP contribution in [0.15, 0.2) is 53.3 Å². The number of aromatic carboxylic acids is 1. The van der Waals surface area contributed by atoms with Gasteiger partial charge in [0.1, 0.15) is 22.8 Å². The summed E-state index contributed by atoms with van der Waals surface area (Å²) >= 11 is 0. The average Bonchev–Trinajstić information content (AvgIpc) is 2.81. The van der Waals surface area contributed by atoms with Crippen molar-refractivity contribution in [3.8, 4) is 16.9 Å². The van der Waals surface area contributed by atoms with Gasteiger partial charge in [0.05, 0.1) is 11.1 Å². The van der Waals surface area contributed by atoms with Gasteiger partial charge in [-0.05, 0) is 53.6 Å². The molecule has 3 atom stereocenters. The van der Waals surface area contributed by atoms with Crippen LogP contribution in [0.5, 0.6) is 5.75 Å². The van der Waals surface area contributed by atoms with E-state index in [1.54, 1.807) is 18.2 Å². The molecule has 0 spiro atoms. The van der Waals surface area contributed by atoms with Crippen LogP contribution in [0, 0.1) is 11.8 Å². The molecule has 184 valence electrons. The molecule has 2 aromatic rings. The van der Waals surface area contributed by atoms with Gasteiger partial charge in [0.2, 0.25) is 5.78 Å². The number of nitrogens with two attached hydrogens (primary N) is 1. The molecule has 0 bridgehead atoms. The third kappa shape index (κ3) is 3.07. The molecule has 3 aliphatic carbocycles. The van der Waals surface area contributed by atoms with Crippen LogP contribution in [0.1, 0.15) is 34.3 Å². The normalized spacial score (nSPS) is 25.2. The lowest BCUT2D eigenvalue weighted by Crippen LogP contribution is -2.58. The highest BCUT2D eigenvalue weighted by atomic mass is 16.4. The number of carbonyl (C=O) groups excluding carboxylic acids is 3. The lowest BCUT2D eigenvalue weighted by Gasteiger charge is -2.46. The third-order valence-corrected chi connectivity index (χ3v) is 7.39. The number of rotatable bonds is 3. The molecule has 10 heteroatoms. The monoisotopic (exact) mass is 491 g/mol. The first kappa shape index (κ1) is 23.3. The fourth-order valence-corrected chi connectivity index (χ4v) is 5.68. The molecule has 0 radical (unpaired) electrons. The quantitative estimate of drug-likeness (QED) is 0.347. The highest BCUT2D eigenvalue weighted by Crippen LogP contribution is 2.53. The Morgan fingerprint density at radius 2 is 1.64 bits per heavy atom. The van der Waals surface area contributed by atoms with Gasteiger partial charge in [-0.25, -0.2) is 4.79 Å². The number of ketones is 2. The van der Waals surface area contributed by atoms with E-state index in [1.165, 1.54) is 18.2 Å². The van der Waals surface area contributed by atoms with Gasteiger partial charge in [-0.3, -0.25) is 14.4 Å². The number of benzene rings is 2. The van der Waals surface area contributed by atoms with E-state index in [2.05, 4.69) is 0 Å². The molecule has 5 rings (SSSR count). The van der Waals surface area contributed by atoms with E-state index < -0.39 is 64.4 Å². The van der Waals surface area contributed by atoms with Crippen molar-refractivity contribution in [3.05, 3.63) is 70.0 Å². The molecule has 36 heavy (non-hydrogen) atoms. The fraction of sp³-hybridized carbons (Fsp3) is 0.231. The SMILES string of the molecule is NC(=O)C1=C(O)[C@@]2(O)C(=O)C3=C(O)c4c(O)ccc(-c5ccc(C(=O)O)cc5)c4C[C@H]3C[C@H]2CC1=O. The number of Topliss-reactive ketones (excluding diaryl/α,β-unsaturated/α-hetero) is 2. The molecule has 0 unspecified atom stereocenters. The van der Waals surface area contributed by atoms with Crippen molar-refractivity contribution in [2.45, 2.75) is 24.9 Å². The Hall–Kier alpha value is -4.44. The van der Waals surface area contributed by atoms with E-state index in [4.69, 9.17) is 10.8 Å². The summed E-state index contributed by atoms with van der Waals surface area (Å²) < 4.78 is 0. The maximum absolute atomic E-state index is 13.5. The smallest absolute Gasteiger partial charge is 0.335 e. The van der Waals surface area contributed by atoms with Crippen LogP contribution in [-0.2, 0) is 20.8 Å². The molecule has 3 aliphatic rings. The summed E-state index contributed by atoms with van der Waals surface area (Å²) in [4.78, 5) is 48.9. The number of carboxylic acid groups (broad SMARTS) is 1. The number of fused-ring (bicyclic) bond motifs is 3.